The highest BCUT2D eigenvalue weighted by Crippen LogP contribution is 2.49. The average Bonchev–Trinajstić information content (AvgIpc) is 3.30. The molecule has 0 spiro atoms. The number of pyridine rings is 1. The smallest absolute Gasteiger partial charge is 0.407 e. The van der Waals surface area contributed by atoms with Gasteiger partial charge in [0, 0.05) is 49.9 Å². The number of rotatable bonds is 6. The number of carbonyl (C=O) groups is 3. The van der Waals surface area contributed by atoms with Gasteiger partial charge in [0.2, 0.25) is 5.91 Å². The number of carbonyl (C=O) groups excluding carboxylic acids is 2. The zero-order valence-electron chi connectivity index (χ0n) is 23.3. The van der Waals surface area contributed by atoms with Gasteiger partial charge in [-0.3, -0.25) is 14.6 Å². The topological polar surface area (TPSA) is 112 Å². The second-order valence-corrected chi connectivity index (χ2v) is 12.9. The number of hydrogen-bond acceptors (Lipinski definition) is 7. The fourth-order valence-corrected chi connectivity index (χ4v) is 7.29. The van der Waals surface area contributed by atoms with E-state index in [1.165, 1.54) is 4.90 Å². The molecule has 6 rings (SSSR count). The minimum atomic E-state index is -0.965. The van der Waals surface area contributed by atoms with E-state index >= 15 is 0 Å². The number of morpholine rings is 1. The predicted molar refractivity (Wildman–Crippen MR) is 158 cm³/mol. The maximum absolute atomic E-state index is 13.2. The van der Waals surface area contributed by atoms with Crippen LogP contribution in [0.15, 0.2) is 42.6 Å². The lowest BCUT2D eigenvalue weighted by molar-refractivity contribution is -0.122. The Balaban J connectivity index is 1.28. The van der Waals surface area contributed by atoms with Crippen LogP contribution in [0, 0.1) is 5.41 Å². The Morgan fingerprint density at radius 3 is 2.66 bits per heavy atom. The van der Waals surface area contributed by atoms with E-state index in [1.807, 2.05) is 36.5 Å². The summed E-state index contributed by atoms with van der Waals surface area (Å²) in [6, 6.07) is 11.8. The largest absolute Gasteiger partial charge is 0.465 e. The number of thiophene rings is 1. The number of nitrogens with zero attached hydrogens (tertiary/aromatic N) is 3. The molecule has 214 valence electrons. The molecule has 2 N–H and O–H groups in total. The molecule has 1 aromatic carbocycles. The lowest BCUT2D eigenvalue weighted by Gasteiger charge is -2.37. The number of fused-ring (bicyclic) bond motifs is 1. The first-order valence-corrected chi connectivity index (χ1v) is 14.8. The van der Waals surface area contributed by atoms with Crippen LogP contribution in [-0.2, 0) is 22.4 Å². The standard InChI is InChI=1S/C31H34N4O5S/c1-31(2)15-23-27(29(34-8-10-40-11-9-34)41-28(23)25(36)16-31)21-6-7-32-24(14-21)20-5-3-4-19(12-20)13-26(37)33-22-17-35(18-22)30(38)39/h3-7,12,14,22H,8-11,13,15-18H2,1-2H3,(H,33,37)(H,38,39). The van der Waals surface area contributed by atoms with Crippen LogP contribution >= 0.6 is 11.3 Å². The van der Waals surface area contributed by atoms with Crippen molar-refractivity contribution in [2.24, 2.45) is 5.41 Å². The molecular formula is C31H34N4O5S. The number of ether oxygens (including phenoxy) is 1. The lowest BCUT2D eigenvalue weighted by atomic mass is 9.75. The number of benzene rings is 1. The van der Waals surface area contributed by atoms with Crippen molar-refractivity contribution in [2.45, 2.75) is 39.2 Å². The number of aromatic nitrogens is 1. The van der Waals surface area contributed by atoms with E-state index in [1.54, 1.807) is 11.3 Å². The number of likely N-dealkylation sites (tertiary alicyclic amines) is 1. The van der Waals surface area contributed by atoms with Crippen LogP contribution in [0.25, 0.3) is 22.4 Å². The first-order chi connectivity index (χ1) is 19.7. The van der Waals surface area contributed by atoms with Crippen molar-refractivity contribution < 1.29 is 24.2 Å². The van der Waals surface area contributed by atoms with Gasteiger partial charge in [-0.15, -0.1) is 11.3 Å². The molecule has 3 aliphatic rings. The van der Waals surface area contributed by atoms with E-state index in [-0.39, 0.29) is 29.6 Å². The normalized spacial score (nSPS) is 18.5. The molecule has 0 unspecified atom stereocenters. The Hall–Kier alpha value is -3.76. The Kier molecular flexibility index (Phi) is 7.29. The van der Waals surface area contributed by atoms with Crippen molar-refractivity contribution in [3.8, 4) is 22.4 Å². The number of amides is 2. The molecule has 2 amide bonds. The maximum Gasteiger partial charge on any atom is 0.407 e. The molecule has 9 nitrogen and oxygen atoms in total. The Bertz CT molecular complexity index is 1500. The SMILES string of the molecule is CC1(C)CC(=O)c2sc(N3CCOCC3)c(-c3ccnc(-c4cccc(CC(=O)NC5CN(C(=O)O)C5)c4)c3)c2C1. The number of ketones is 1. The van der Waals surface area contributed by atoms with Crippen LogP contribution in [0.2, 0.25) is 0 Å². The van der Waals surface area contributed by atoms with Gasteiger partial charge in [0.05, 0.1) is 41.2 Å². The van der Waals surface area contributed by atoms with Gasteiger partial charge < -0.3 is 25.0 Å². The molecule has 1 aliphatic carbocycles. The van der Waals surface area contributed by atoms with Crippen LogP contribution in [0.4, 0.5) is 9.80 Å². The summed E-state index contributed by atoms with van der Waals surface area (Å²) in [6.45, 7) is 7.89. The second-order valence-electron chi connectivity index (χ2n) is 11.9. The van der Waals surface area contributed by atoms with E-state index in [9.17, 15) is 14.4 Å². The van der Waals surface area contributed by atoms with Crippen LogP contribution < -0.4 is 10.2 Å². The molecule has 2 fully saturated rings. The van der Waals surface area contributed by atoms with Crippen LogP contribution in [-0.4, -0.2) is 78.2 Å². The summed E-state index contributed by atoms with van der Waals surface area (Å²) in [5.74, 6) is 0.0890. The quantitative estimate of drug-likeness (QED) is 0.446. The highest BCUT2D eigenvalue weighted by molar-refractivity contribution is 7.19. The Labute approximate surface area is 243 Å². The van der Waals surface area contributed by atoms with Crippen molar-refractivity contribution in [2.75, 3.05) is 44.3 Å². The van der Waals surface area contributed by atoms with Crippen molar-refractivity contribution in [1.82, 2.24) is 15.2 Å². The highest BCUT2D eigenvalue weighted by Gasteiger charge is 2.37. The average molecular weight is 575 g/mol. The van der Waals surface area contributed by atoms with Crippen LogP contribution in [0.5, 0.6) is 0 Å². The molecular weight excluding hydrogens is 540 g/mol. The van der Waals surface area contributed by atoms with Gasteiger partial charge in [0.1, 0.15) is 0 Å². The van der Waals surface area contributed by atoms with Gasteiger partial charge in [-0.05, 0) is 46.7 Å². The van der Waals surface area contributed by atoms with E-state index in [0.29, 0.717) is 32.7 Å². The molecule has 41 heavy (non-hydrogen) atoms. The summed E-state index contributed by atoms with van der Waals surface area (Å²) in [4.78, 5) is 46.0. The third-order valence-corrected chi connectivity index (χ3v) is 9.32. The molecule has 0 bridgehead atoms. The van der Waals surface area contributed by atoms with Gasteiger partial charge in [-0.1, -0.05) is 32.0 Å². The molecule has 4 heterocycles. The zero-order valence-corrected chi connectivity index (χ0v) is 24.1. The first-order valence-electron chi connectivity index (χ1n) is 14.0. The Morgan fingerprint density at radius 2 is 1.90 bits per heavy atom. The van der Waals surface area contributed by atoms with E-state index in [4.69, 9.17) is 9.84 Å². The van der Waals surface area contributed by atoms with Gasteiger partial charge in [0.15, 0.2) is 5.78 Å². The van der Waals surface area contributed by atoms with Crippen molar-refractivity contribution in [1.29, 1.82) is 0 Å². The number of Topliss-reactive ketones (excluding diaryl/α,β-unsaturated/α-hetero) is 1. The van der Waals surface area contributed by atoms with E-state index in [0.717, 1.165) is 62.9 Å². The van der Waals surface area contributed by atoms with Gasteiger partial charge in [-0.25, -0.2) is 4.79 Å². The first kappa shape index (κ1) is 27.4. The molecule has 3 aromatic rings. The highest BCUT2D eigenvalue weighted by atomic mass is 32.1. The molecule has 2 aliphatic heterocycles. The van der Waals surface area contributed by atoms with E-state index < -0.39 is 6.09 Å². The fraction of sp³-hybridized carbons (Fsp3) is 0.419. The van der Waals surface area contributed by atoms with Crippen LogP contribution in [0.1, 0.15) is 41.1 Å². The molecule has 0 atom stereocenters. The summed E-state index contributed by atoms with van der Waals surface area (Å²) in [7, 11) is 0. The zero-order chi connectivity index (χ0) is 28.7. The summed E-state index contributed by atoms with van der Waals surface area (Å²) < 4.78 is 5.62. The summed E-state index contributed by atoms with van der Waals surface area (Å²) >= 11 is 1.62. The van der Waals surface area contributed by atoms with Crippen LogP contribution in [0.3, 0.4) is 0 Å². The third-order valence-electron chi connectivity index (χ3n) is 7.99. The number of nitrogens with one attached hydrogen (secondary N) is 1. The number of anilines is 1. The van der Waals surface area contributed by atoms with E-state index in [2.05, 4.69) is 35.1 Å². The van der Waals surface area contributed by atoms with Gasteiger partial charge in [-0.2, -0.15) is 0 Å². The number of carboxylic acid groups (broad SMARTS) is 1. The summed E-state index contributed by atoms with van der Waals surface area (Å²) in [5.41, 5.74) is 5.77. The van der Waals surface area contributed by atoms with Crippen molar-refractivity contribution in [3.05, 3.63) is 58.6 Å². The minimum absolute atomic E-state index is 0.0989. The lowest BCUT2D eigenvalue weighted by Crippen LogP contribution is -2.60. The molecule has 2 aromatic heterocycles. The maximum atomic E-state index is 13.2. The minimum Gasteiger partial charge on any atom is -0.465 e. The van der Waals surface area contributed by atoms with Crippen molar-refractivity contribution >= 4 is 34.1 Å². The molecule has 2 saturated heterocycles. The van der Waals surface area contributed by atoms with Gasteiger partial charge in [0.25, 0.3) is 0 Å². The Morgan fingerprint density at radius 1 is 1.12 bits per heavy atom. The second kappa shape index (κ2) is 10.9. The predicted octanol–water partition coefficient (Wildman–Crippen LogP) is 4.49. The summed E-state index contributed by atoms with van der Waals surface area (Å²) in [6.07, 6.45) is 2.46. The van der Waals surface area contributed by atoms with Crippen molar-refractivity contribution in [3.63, 3.8) is 0 Å². The number of hydrogen-bond donors (Lipinski definition) is 2. The molecule has 10 heteroatoms. The van der Waals surface area contributed by atoms with Gasteiger partial charge >= 0.3 is 6.09 Å². The third kappa shape index (κ3) is 5.71. The fourth-order valence-electron chi connectivity index (χ4n) is 5.96. The molecule has 0 radical (unpaired) electrons. The summed E-state index contributed by atoms with van der Waals surface area (Å²) in [5, 5.41) is 13.0. The molecule has 0 saturated carbocycles. The monoisotopic (exact) mass is 574 g/mol.